The normalized spacial score (nSPS) is 28.8. The molecule has 8 atom stereocenters. The molecule has 1 fully saturated rings. The van der Waals surface area contributed by atoms with Gasteiger partial charge in [0.25, 0.3) is 6.29 Å². The van der Waals surface area contributed by atoms with Gasteiger partial charge >= 0.3 is 11.9 Å². The zero-order valence-corrected chi connectivity index (χ0v) is 22.1. The van der Waals surface area contributed by atoms with Crippen molar-refractivity contribution in [3.8, 4) is 23.0 Å². The number of carboxylic acids is 2. The molecule has 2 aromatic carbocycles. The second kappa shape index (κ2) is 13.0. The van der Waals surface area contributed by atoms with E-state index in [0.29, 0.717) is 5.56 Å². The first-order chi connectivity index (χ1) is 20.3. The Morgan fingerprint density at radius 1 is 0.791 bits per heavy atom. The zero-order valence-electron chi connectivity index (χ0n) is 22.1. The summed E-state index contributed by atoms with van der Waals surface area (Å²) in [7, 11) is 0. The number of aromatic carboxylic acids is 1. The molecule has 43 heavy (non-hydrogen) atoms. The minimum absolute atomic E-state index is 0.0367. The molecule has 1 saturated heterocycles. The second-order valence-corrected chi connectivity index (χ2v) is 9.79. The van der Waals surface area contributed by atoms with Crippen LogP contribution in [0.3, 0.4) is 0 Å². The van der Waals surface area contributed by atoms with Crippen LogP contribution in [-0.2, 0) is 27.1 Å². The Bertz CT molecular complexity index is 1370. The summed E-state index contributed by atoms with van der Waals surface area (Å²) in [4.78, 5) is 23.1. The van der Waals surface area contributed by atoms with E-state index < -0.39 is 90.6 Å². The van der Waals surface area contributed by atoms with E-state index >= 15 is 0 Å². The van der Waals surface area contributed by atoms with Gasteiger partial charge in [0.05, 0.1) is 6.61 Å². The molecule has 0 aliphatic carbocycles. The molecule has 0 bridgehead atoms. The number of carbonyl (C=O) groups is 2. The summed E-state index contributed by atoms with van der Waals surface area (Å²) in [6.45, 7) is -0.734. The molecule has 2 aliphatic rings. The van der Waals surface area contributed by atoms with Gasteiger partial charge in [-0.25, -0.2) is 9.59 Å². The first-order valence-electron chi connectivity index (χ1n) is 12.8. The topological polar surface area (TPSA) is 273 Å². The molecule has 0 amide bonds. The van der Waals surface area contributed by atoms with E-state index in [4.69, 9.17) is 18.9 Å². The quantitative estimate of drug-likeness (QED) is 0.133. The van der Waals surface area contributed by atoms with Crippen LogP contribution in [0.4, 0.5) is 0 Å². The van der Waals surface area contributed by atoms with Gasteiger partial charge in [-0.1, -0.05) is 12.1 Å². The molecule has 4 rings (SSSR count). The standard InChI is InChI=1S/C27H30O16/c28-9-17-21(33)22(34)23(35)27(43-17)40-14-6-2-10(1-3-11-4-5-12(29)19(31)18(11)25(38)39)7-15(14)41-26-20(32)13(30)8-16(42-26)24(36)37/h2,4-8,13,17,20-23,26-35H,1,3,9H2,(H,36,37)(H,38,39)/t13-,17+,20-,21+,22-,23+,26+,27+/m0/s1. The fourth-order valence-corrected chi connectivity index (χ4v) is 4.52. The number of aromatic hydroxyl groups is 2. The lowest BCUT2D eigenvalue weighted by Gasteiger charge is -2.39. The lowest BCUT2D eigenvalue weighted by molar-refractivity contribution is -0.277. The van der Waals surface area contributed by atoms with Crippen molar-refractivity contribution in [2.45, 2.75) is 62.0 Å². The third-order valence-electron chi connectivity index (χ3n) is 6.89. The van der Waals surface area contributed by atoms with Crippen LogP contribution in [0.2, 0.25) is 0 Å². The summed E-state index contributed by atoms with van der Waals surface area (Å²) in [5.74, 6) is -5.63. The second-order valence-electron chi connectivity index (χ2n) is 9.79. The van der Waals surface area contributed by atoms with Crippen molar-refractivity contribution in [3.05, 3.63) is 58.9 Å². The van der Waals surface area contributed by atoms with E-state index in [-0.39, 0.29) is 29.9 Å². The van der Waals surface area contributed by atoms with Crippen molar-refractivity contribution >= 4 is 11.9 Å². The van der Waals surface area contributed by atoms with Gasteiger partial charge in [-0.3, -0.25) is 0 Å². The highest BCUT2D eigenvalue weighted by Gasteiger charge is 2.45. The van der Waals surface area contributed by atoms with E-state index in [0.717, 1.165) is 12.1 Å². The Balaban J connectivity index is 1.65. The Labute approximate surface area is 242 Å². The molecule has 234 valence electrons. The third-order valence-corrected chi connectivity index (χ3v) is 6.89. The first-order valence-corrected chi connectivity index (χ1v) is 12.8. The average Bonchev–Trinajstić information content (AvgIpc) is 2.96. The summed E-state index contributed by atoms with van der Waals surface area (Å²) in [5.41, 5.74) is 0.122. The van der Waals surface area contributed by atoms with E-state index in [1.54, 1.807) is 0 Å². The Morgan fingerprint density at radius 3 is 2.14 bits per heavy atom. The summed E-state index contributed by atoms with van der Waals surface area (Å²) in [6.07, 6.45) is -12.5. The average molecular weight is 611 g/mol. The Kier molecular flexibility index (Phi) is 9.61. The number of ether oxygens (including phenoxy) is 4. The van der Waals surface area contributed by atoms with Gasteiger partial charge in [0.2, 0.25) is 12.0 Å². The molecular formula is C27H30O16. The van der Waals surface area contributed by atoms with E-state index in [2.05, 4.69) is 0 Å². The minimum Gasteiger partial charge on any atom is -0.504 e. The number of phenols is 2. The SMILES string of the molecule is O=C(O)C1=C[C@H](O)[C@H](O)[C@H](Oc2cc(CCc3ccc(O)c(O)c3C(=O)O)ccc2O[C@@H]2O[C@H](CO)[C@@H](O)[C@H](O)[C@H]2O)O1. The zero-order chi connectivity index (χ0) is 31.6. The van der Waals surface area contributed by atoms with Crippen molar-refractivity contribution in [2.75, 3.05) is 6.61 Å². The maximum Gasteiger partial charge on any atom is 0.371 e. The largest absolute Gasteiger partial charge is 0.504 e. The van der Waals surface area contributed by atoms with Gasteiger partial charge in [-0.05, 0) is 48.2 Å². The number of phenolic OH excluding ortho intramolecular Hbond substituents is 1. The van der Waals surface area contributed by atoms with E-state index in [9.17, 15) is 60.7 Å². The number of aliphatic carboxylic acids is 1. The van der Waals surface area contributed by atoms with Crippen LogP contribution < -0.4 is 9.47 Å². The smallest absolute Gasteiger partial charge is 0.371 e. The number of aliphatic hydroxyl groups is 6. The summed E-state index contributed by atoms with van der Waals surface area (Å²) < 4.78 is 21.9. The predicted octanol–water partition coefficient (Wildman–Crippen LogP) is -1.81. The fourth-order valence-electron chi connectivity index (χ4n) is 4.52. The van der Waals surface area contributed by atoms with Crippen molar-refractivity contribution in [1.82, 2.24) is 0 Å². The first kappa shape index (κ1) is 31.8. The summed E-state index contributed by atoms with van der Waals surface area (Å²) >= 11 is 0. The molecule has 16 heteroatoms. The molecule has 0 radical (unpaired) electrons. The van der Waals surface area contributed by atoms with Crippen molar-refractivity contribution in [3.63, 3.8) is 0 Å². The van der Waals surface area contributed by atoms with Gasteiger partial charge in [0.1, 0.15) is 36.1 Å². The van der Waals surface area contributed by atoms with Crippen LogP contribution in [-0.4, -0.2) is 119 Å². The Hall–Kier alpha value is -4.16. The third kappa shape index (κ3) is 6.75. The maximum absolute atomic E-state index is 11.7. The van der Waals surface area contributed by atoms with Gasteiger partial charge in [0, 0.05) is 0 Å². The minimum atomic E-state index is -1.80. The fraction of sp³-hybridized carbons (Fsp3) is 0.407. The number of aliphatic hydroxyl groups excluding tert-OH is 6. The van der Waals surface area contributed by atoms with Gasteiger partial charge < -0.3 is 70.0 Å². The van der Waals surface area contributed by atoms with Gasteiger partial charge in [-0.15, -0.1) is 0 Å². The number of carboxylic acid groups (broad SMARTS) is 2. The van der Waals surface area contributed by atoms with Gasteiger partial charge in [0.15, 0.2) is 29.1 Å². The highest BCUT2D eigenvalue weighted by molar-refractivity contribution is 5.93. The lowest BCUT2D eigenvalue weighted by Crippen LogP contribution is -2.60. The number of benzene rings is 2. The van der Waals surface area contributed by atoms with Crippen LogP contribution in [0, 0.1) is 0 Å². The maximum atomic E-state index is 11.7. The van der Waals surface area contributed by atoms with Crippen molar-refractivity contribution < 1.29 is 79.6 Å². The molecule has 0 saturated carbocycles. The number of rotatable bonds is 10. The Morgan fingerprint density at radius 2 is 1.49 bits per heavy atom. The van der Waals surface area contributed by atoms with E-state index in [1.807, 2.05) is 0 Å². The van der Waals surface area contributed by atoms with Crippen LogP contribution in [0.1, 0.15) is 21.5 Å². The highest BCUT2D eigenvalue weighted by Crippen LogP contribution is 2.36. The van der Waals surface area contributed by atoms with Crippen LogP contribution in [0.15, 0.2) is 42.2 Å². The summed E-state index contributed by atoms with van der Waals surface area (Å²) in [5, 5.41) is 99.0. The van der Waals surface area contributed by atoms with Gasteiger partial charge in [-0.2, -0.15) is 0 Å². The molecular weight excluding hydrogens is 580 g/mol. The monoisotopic (exact) mass is 610 g/mol. The van der Waals surface area contributed by atoms with Crippen LogP contribution in [0.5, 0.6) is 23.0 Å². The molecule has 2 heterocycles. The predicted molar refractivity (Wildman–Crippen MR) is 138 cm³/mol. The number of hydrogen-bond acceptors (Lipinski definition) is 14. The van der Waals surface area contributed by atoms with Crippen molar-refractivity contribution in [2.24, 2.45) is 0 Å². The molecule has 0 spiro atoms. The summed E-state index contributed by atoms with van der Waals surface area (Å²) in [6, 6.07) is 6.57. The molecule has 2 aromatic rings. The van der Waals surface area contributed by atoms with Crippen LogP contribution in [0.25, 0.3) is 0 Å². The van der Waals surface area contributed by atoms with Crippen molar-refractivity contribution in [1.29, 1.82) is 0 Å². The molecule has 10 N–H and O–H groups in total. The van der Waals surface area contributed by atoms with Crippen LogP contribution >= 0.6 is 0 Å². The molecule has 0 unspecified atom stereocenters. The van der Waals surface area contributed by atoms with E-state index in [1.165, 1.54) is 24.3 Å². The molecule has 0 aromatic heterocycles. The molecule has 2 aliphatic heterocycles. The number of aryl methyl sites for hydroxylation is 2. The lowest BCUT2D eigenvalue weighted by atomic mass is 9.98. The number of hydrogen-bond donors (Lipinski definition) is 10. The highest BCUT2D eigenvalue weighted by atomic mass is 16.7. The molecule has 16 nitrogen and oxygen atoms in total.